The number of carbonyl (C=O) groups excluding carboxylic acids is 3. The van der Waals surface area contributed by atoms with E-state index in [1.807, 2.05) is 42.6 Å². The number of amides is 3. The van der Waals surface area contributed by atoms with Crippen molar-refractivity contribution in [1.82, 2.24) is 15.6 Å². The predicted molar refractivity (Wildman–Crippen MR) is 171 cm³/mol. The van der Waals surface area contributed by atoms with Gasteiger partial charge in [0.05, 0.1) is 0 Å². The van der Waals surface area contributed by atoms with E-state index in [0.717, 1.165) is 27.6 Å². The number of aromatic hydroxyl groups is 1. The van der Waals surface area contributed by atoms with Crippen LogP contribution in [0.2, 0.25) is 0 Å². The van der Waals surface area contributed by atoms with Gasteiger partial charge in [0.1, 0.15) is 17.8 Å². The number of para-hydroxylation sites is 1. The zero-order valence-electron chi connectivity index (χ0n) is 24.4. The third kappa shape index (κ3) is 7.74. The van der Waals surface area contributed by atoms with E-state index < -0.39 is 24.0 Å². The molecule has 5 aromatic rings. The largest absolute Gasteiger partial charge is 0.508 e. The van der Waals surface area contributed by atoms with Crippen LogP contribution >= 0.6 is 0 Å². The lowest BCUT2D eigenvalue weighted by atomic mass is 10.0. The molecular formula is C35H32N4O6. The quantitative estimate of drug-likeness (QED) is 0.129. The molecule has 10 nitrogen and oxygen atoms in total. The zero-order valence-corrected chi connectivity index (χ0v) is 24.4. The Morgan fingerprint density at radius 2 is 1.40 bits per heavy atom. The highest BCUT2D eigenvalue weighted by Crippen LogP contribution is 2.23. The molecule has 2 unspecified atom stereocenters. The predicted octanol–water partition coefficient (Wildman–Crippen LogP) is 4.65. The smallest absolute Gasteiger partial charge is 0.326 e. The van der Waals surface area contributed by atoms with Crippen LogP contribution in [0.1, 0.15) is 28.4 Å². The van der Waals surface area contributed by atoms with Crippen LogP contribution in [0, 0.1) is 0 Å². The van der Waals surface area contributed by atoms with Crippen LogP contribution in [0.5, 0.6) is 5.75 Å². The molecule has 0 saturated carbocycles. The van der Waals surface area contributed by atoms with Gasteiger partial charge in [0.2, 0.25) is 11.8 Å². The average Bonchev–Trinajstić information content (AvgIpc) is 3.44. The summed E-state index contributed by atoms with van der Waals surface area (Å²) in [5, 5.41) is 28.2. The number of aromatic nitrogens is 1. The monoisotopic (exact) mass is 604 g/mol. The van der Waals surface area contributed by atoms with Crippen LogP contribution in [0.25, 0.3) is 22.0 Å². The van der Waals surface area contributed by atoms with Gasteiger partial charge in [-0.3, -0.25) is 14.4 Å². The van der Waals surface area contributed by atoms with Crippen molar-refractivity contribution in [2.75, 3.05) is 5.32 Å². The molecule has 0 radical (unpaired) electrons. The molecule has 0 spiro atoms. The van der Waals surface area contributed by atoms with Gasteiger partial charge in [-0.25, -0.2) is 4.79 Å². The Morgan fingerprint density at radius 3 is 2.04 bits per heavy atom. The van der Waals surface area contributed by atoms with Crippen LogP contribution in [-0.2, 0) is 27.2 Å². The molecule has 0 bridgehead atoms. The Morgan fingerprint density at radius 1 is 0.756 bits per heavy atom. The number of anilines is 1. The highest BCUT2D eigenvalue weighted by Gasteiger charge is 2.23. The van der Waals surface area contributed by atoms with Crippen LogP contribution < -0.4 is 16.0 Å². The minimum atomic E-state index is -1.17. The Kier molecular flexibility index (Phi) is 9.23. The maximum Gasteiger partial charge on any atom is 0.326 e. The summed E-state index contributed by atoms with van der Waals surface area (Å²) in [6, 6.07) is 25.9. The first kappa shape index (κ1) is 30.6. The van der Waals surface area contributed by atoms with Crippen LogP contribution in [0.3, 0.4) is 0 Å². The van der Waals surface area contributed by atoms with Crippen LogP contribution in [0.15, 0.2) is 103 Å². The first-order chi connectivity index (χ1) is 21.7. The topological polar surface area (TPSA) is 161 Å². The molecular weight excluding hydrogens is 572 g/mol. The van der Waals surface area contributed by atoms with E-state index in [-0.39, 0.29) is 24.0 Å². The number of carbonyl (C=O) groups is 4. The number of phenolic OH excluding ortho intramolecular Hbond substituents is 1. The molecule has 3 amide bonds. The summed E-state index contributed by atoms with van der Waals surface area (Å²) in [6.45, 7) is 1.38. The first-order valence-electron chi connectivity index (χ1n) is 14.3. The Hall–Kier alpha value is -5.90. The number of rotatable bonds is 11. The Labute approximate surface area is 259 Å². The number of benzene rings is 4. The number of carboxylic acid groups (broad SMARTS) is 1. The highest BCUT2D eigenvalue weighted by molar-refractivity contribution is 5.98. The van der Waals surface area contributed by atoms with Crippen molar-refractivity contribution < 1.29 is 29.4 Å². The summed E-state index contributed by atoms with van der Waals surface area (Å²) in [4.78, 5) is 52.8. The number of nitrogens with one attached hydrogen (secondary N) is 4. The molecule has 1 heterocycles. The fourth-order valence-corrected chi connectivity index (χ4v) is 5.07. The van der Waals surface area contributed by atoms with E-state index >= 15 is 0 Å². The molecule has 0 saturated heterocycles. The van der Waals surface area contributed by atoms with Gasteiger partial charge in [0, 0.05) is 48.1 Å². The van der Waals surface area contributed by atoms with Gasteiger partial charge >= 0.3 is 5.97 Å². The number of hydrogen-bond acceptors (Lipinski definition) is 5. The third-order valence-electron chi connectivity index (χ3n) is 7.41. The molecule has 0 fully saturated rings. The van der Waals surface area contributed by atoms with Gasteiger partial charge in [-0.15, -0.1) is 0 Å². The minimum absolute atomic E-state index is 0.0664. The summed E-state index contributed by atoms with van der Waals surface area (Å²) in [6.07, 6.45) is 2.23. The van der Waals surface area contributed by atoms with Crippen molar-refractivity contribution in [2.45, 2.75) is 31.8 Å². The summed E-state index contributed by atoms with van der Waals surface area (Å²) in [7, 11) is 0. The van der Waals surface area contributed by atoms with Gasteiger partial charge < -0.3 is 31.1 Å². The lowest BCUT2D eigenvalue weighted by Gasteiger charge is -2.18. The van der Waals surface area contributed by atoms with Crippen molar-refractivity contribution in [3.63, 3.8) is 0 Å². The summed E-state index contributed by atoms with van der Waals surface area (Å²) < 4.78 is 0. The SMILES string of the molecule is CC(=O)NC(Cc1c[nH]c2ccccc12)C(=O)Nc1ccc(-c2ccc(C(=O)NC(Cc3ccc(O)cc3)C(=O)O)cc2)cc1. The zero-order chi connectivity index (χ0) is 31.9. The fourth-order valence-electron chi connectivity index (χ4n) is 5.07. The molecule has 6 N–H and O–H groups in total. The number of phenols is 1. The highest BCUT2D eigenvalue weighted by atomic mass is 16.4. The summed E-state index contributed by atoms with van der Waals surface area (Å²) in [5.41, 5.74) is 5.06. The third-order valence-corrected chi connectivity index (χ3v) is 7.41. The van der Waals surface area contributed by atoms with Gasteiger partial charge in [-0.1, -0.05) is 54.6 Å². The van der Waals surface area contributed by atoms with Crippen molar-refractivity contribution in [2.24, 2.45) is 0 Å². The van der Waals surface area contributed by atoms with E-state index in [2.05, 4.69) is 20.9 Å². The van der Waals surface area contributed by atoms with Gasteiger partial charge in [0.25, 0.3) is 5.91 Å². The fraction of sp³-hybridized carbons (Fsp3) is 0.143. The van der Waals surface area contributed by atoms with E-state index in [9.17, 15) is 29.4 Å². The van der Waals surface area contributed by atoms with E-state index in [1.54, 1.807) is 48.5 Å². The maximum atomic E-state index is 13.2. The number of H-pyrrole nitrogens is 1. The van der Waals surface area contributed by atoms with Crippen LogP contribution in [-0.4, -0.2) is 51.0 Å². The Balaban J connectivity index is 1.21. The molecule has 0 aliphatic heterocycles. The molecule has 5 rings (SSSR count). The molecule has 0 aliphatic carbocycles. The number of fused-ring (bicyclic) bond motifs is 1. The Bertz CT molecular complexity index is 1830. The number of hydrogen-bond donors (Lipinski definition) is 6. The average molecular weight is 605 g/mol. The summed E-state index contributed by atoms with van der Waals surface area (Å²) >= 11 is 0. The van der Waals surface area contributed by atoms with Crippen molar-refractivity contribution in [1.29, 1.82) is 0 Å². The second kappa shape index (κ2) is 13.6. The lowest BCUT2D eigenvalue weighted by Crippen LogP contribution is -2.44. The number of aliphatic carboxylic acids is 1. The van der Waals surface area contributed by atoms with E-state index in [4.69, 9.17) is 0 Å². The number of aromatic amines is 1. The molecule has 1 aromatic heterocycles. The minimum Gasteiger partial charge on any atom is -0.508 e. The molecule has 4 aromatic carbocycles. The van der Waals surface area contributed by atoms with E-state index in [0.29, 0.717) is 23.2 Å². The van der Waals surface area contributed by atoms with Gasteiger partial charge in [-0.2, -0.15) is 0 Å². The second-order valence-electron chi connectivity index (χ2n) is 10.7. The lowest BCUT2D eigenvalue weighted by molar-refractivity contribution is -0.139. The standard InChI is InChI=1S/C35H32N4O6/c1-21(40)37-31(19-26-20-36-30-5-3-2-4-29(26)30)34(43)38-27-14-12-24(13-15-27)23-8-10-25(11-9-23)33(42)39-32(35(44)45)18-22-6-16-28(41)17-7-22/h2-17,20,31-32,36,41H,18-19H2,1H3,(H,37,40)(H,38,43)(H,39,42)(H,44,45). The second-order valence-corrected chi connectivity index (χ2v) is 10.7. The molecule has 10 heteroatoms. The van der Waals surface area contributed by atoms with Crippen molar-refractivity contribution >= 4 is 40.3 Å². The molecule has 2 atom stereocenters. The van der Waals surface area contributed by atoms with Gasteiger partial charge in [-0.05, 0) is 64.7 Å². The number of carboxylic acids is 1. The molecule has 0 aliphatic rings. The summed E-state index contributed by atoms with van der Waals surface area (Å²) in [5.74, 6) is -2.27. The maximum absolute atomic E-state index is 13.2. The molecule has 45 heavy (non-hydrogen) atoms. The normalized spacial score (nSPS) is 12.2. The molecule has 228 valence electrons. The van der Waals surface area contributed by atoms with Crippen molar-refractivity contribution in [3.8, 4) is 16.9 Å². The van der Waals surface area contributed by atoms with E-state index in [1.165, 1.54) is 19.1 Å². The van der Waals surface area contributed by atoms with Crippen molar-refractivity contribution in [3.05, 3.63) is 120 Å². The van der Waals surface area contributed by atoms with Crippen LogP contribution in [0.4, 0.5) is 5.69 Å². The van der Waals surface area contributed by atoms with Gasteiger partial charge in [0.15, 0.2) is 0 Å². The first-order valence-corrected chi connectivity index (χ1v) is 14.3.